The van der Waals surface area contributed by atoms with E-state index >= 15 is 0 Å². The van der Waals surface area contributed by atoms with Crippen LogP contribution in [0.2, 0.25) is 0 Å². The number of methoxy groups -OCH3 is 1. The average molecular weight is 276 g/mol. The van der Waals surface area contributed by atoms with Gasteiger partial charge in [0.05, 0.1) is 7.11 Å². The zero-order chi connectivity index (χ0) is 14.5. The Labute approximate surface area is 123 Å². The first kappa shape index (κ1) is 15.3. The molecule has 3 heteroatoms. The predicted molar refractivity (Wildman–Crippen MR) is 84.0 cm³/mol. The van der Waals surface area contributed by atoms with Crippen LogP contribution in [0.5, 0.6) is 5.75 Å². The number of hydrogen-bond donors (Lipinski definition) is 1. The van der Waals surface area contributed by atoms with Gasteiger partial charge in [-0.2, -0.15) is 0 Å². The summed E-state index contributed by atoms with van der Waals surface area (Å²) >= 11 is 0. The summed E-state index contributed by atoms with van der Waals surface area (Å²) in [5.74, 6) is 1.66. The van der Waals surface area contributed by atoms with Gasteiger partial charge < -0.3 is 15.4 Å². The minimum absolute atomic E-state index is 0.0456. The maximum absolute atomic E-state index is 6.37. The lowest BCUT2D eigenvalue weighted by Gasteiger charge is -2.37. The molecular weight excluding hydrogens is 248 g/mol. The molecule has 1 fully saturated rings. The molecule has 1 aliphatic carbocycles. The summed E-state index contributed by atoms with van der Waals surface area (Å²) in [6, 6.07) is 8.83. The lowest BCUT2D eigenvalue weighted by Crippen LogP contribution is -2.42. The molecule has 0 radical (unpaired) electrons. The van der Waals surface area contributed by atoms with Gasteiger partial charge >= 0.3 is 0 Å². The standard InChI is InChI=1S/C17H28N2O/c1-13-7-4-5-10-17(13)19(2)12-16(18)14-8-6-9-15(11-14)20-3/h6,8-9,11,13,16-17H,4-5,7,10,12,18H2,1-3H3. The lowest BCUT2D eigenvalue weighted by molar-refractivity contribution is 0.133. The van der Waals surface area contributed by atoms with Crippen molar-refractivity contribution >= 4 is 0 Å². The van der Waals surface area contributed by atoms with Gasteiger partial charge in [-0.15, -0.1) is 0 Å². The molecule has 20 heavy (non-hydrogen) atoms. The van der Waals surface area contributed by atoms with Gasteiger partial charge in [-0.05, 0) is 43.5 Å². The summed E-state index contributed by atoms with van der Waals surface area (Å²) in [6.07, 6.45) is 5.40. The second-order valence-corrected chi connectivity index (χ2v) is 6.15. The molecule has 2 N–H and O–H groups in total. The van der Waals surface area contributed by atoms with Crippen LogP contribution in [0.3, 0.4) is 0 Å². The molecule has 1 saturated carbocycles. The third-order valence-corrected chi connectivity index (χ3v) is 4.64. The zero-order valence-electron chi connectivity index (χ0n) is 13.0. The van der Waals surface area contributed by atoms with Crippen LogP contribution in [-0.2, 0) is 0 Å². The fraction of sp³-hybridized carbons (Fsp3) is 0.647. The molecule has 0 bridgehead atoms. The SMILES string of the molecule is COc1cccc(C(N)CN(C)C2CCCCC2C)c1. The van der Waals surface area contributed by atoms with Gasteiger partial charge in [0.25, 0.3) is 0 Å². The predicted octanol–water partition coefficient (Wildman–Crippen LogP) is 3.21. The Morgan fingerprint density at radius 2 is 2.10 bits per heavy atom. The van der Waals surface area contributed by atoms with Gasteiger partial charge in [0.2, 0.25) is 0 Å². The van der Waals surface area contributed by atoms with Crippen LogP contribution in [0, 0.1) is 5.92 Å². The van der Waals surface area contributed by atoms with Crippen molar-refractivity contribution in [3.05, 3.63) is 29.8 Å². The average Bonchev–Trinajstić information content (AvgIpc) is 2.47. The molecule has 0 aliphatic heterocycles. The number of ether oxygens (including phenoxy) is 1. The lowest BCUT2D eigenvalue weighted by atomic mass is 9.85. The van der Waals surface area contributed by atoms with Crippen LogP contribution < -0.4 is 10.5 Å². The van der Waals surface area contributed by atoms with E-state index in [0.29, 0.717) is 6.04 Å². The van der Waals surface area contributed by atoms with Gasteiger partial charge in [0, 0.05) is 18.6 Å². The summed E-state index contributed by atoms with van der Waals surface area (Å²) in [5.41, 5.74) is 7.53. The molecule has 3 nitrogen and oxygen atoms in total. The molecule has 0 spiro atoms. The Hall–Kier alpha value is -1.06. The Balaban J connectivity index is 1.97. The van der Waals surface area contributed by atoms with Crippen molar-refractivity contribution in [1.82, 2.24) is 4.90 Å². The molecule has 3 atom stereocenters. The van der Waals surface area contributed by atoms with Gasteiger partial charge in [-0.3, -0.25) is 0 Å². The quantitative estimate of drug-likeness (QED) is 0.897. The van der Waals surface area contributed by atoms with E-state index < -0.39 is 0 Å². The second-order valence-electron chi connectivity index (χ2n) is 6.15. The fourth-order valence-electron chi connectivity index (χ4n) is 3.37. The Morgan fingerprint density at radius 3 is 2.80 bits per heavy atom. The summed E-state index contributed by atoms with van der Waals surface area (Å²) in [4.78, 5) is 2.45. The summed E-state index contributed by atoms with van der Waals surface area (Å²) in [5, 5.41) is 0. The van der Waals surface area contributed by atoms with Crippen LogP contribution in [-0.4, -0.2) is 31.6 Å². The van der Waals surface area contributed by atoms with Gasteiger partial charge in [0.1, 0.15) is 5.75 Å². The van der Waals surface area contributed by atoms with Crippen molar-refractivity contribution in [2.24, 2.45) is 11.7 Å². The zero-order valence-corrected chi connectivity index (χ0v) is 13.0. The smallest absolute Gasteiger partial charge is 0.119 e. The van der Waals surface area contributed by atoms with E-state index in [2.05, 4.69) is 24.9 Å². The third-order valence-electron chi connectivity index (χ3n) is 4.64. The minimum atomic E-state index is 0.0456. The molecule has 1 aliphatic rings. The maximum Gasteiger partial charge on any atom is 0.119 e. The highest BCUT2D eigenvalue weighted by Crippen LogP contribution is 2.28. The first-order chi connectivity index (χ1) is 9.61. The van der Waals surface area contributed by atoms with E-state index in [1.807, 2.05) is 18.2 Å². The first-order valence-electron chi connectivity index (χ1n) is 7.71. The monoisotopic (exact) mass is 276 g/mol. The maximum atomic E-state index is 6.37. The van der Waals surface area contributed by atoms with E-state index in [1.54, 1.807) is 7.11 Å². The van der Waals surface area contributed by atoms with E-state index in [9.17, 15) is 0 Å². The van der Waals surface area contributed by atoms with Crippen molar-refractivity contribution in [2.75, 3.05) is 20.7 Å². The molecule has 2 rings (SSSR count). The van der Waals surface area contributed by atoms with E-state index in [4.69, 9.17) is 10.5 Å². The number of nitrogens with zero attached hydrogens (tertiary/aromatic N) is 1. The van der Waals surface area contributed by atoms with E-state index in [-0.39, 0.29) is 6.04 Å². The largest absolute Gasteiger partial charge is 0.497 e. The van der Waals surface area contributed by atoms with Crippen molar-refractivity contribution in [3.8, 4) is 5.75 Å². The van der Waals surface area contributed by atoms with Crippen molar-refractivity contribution in [1.29, 1.82) is 0 Å². The van der Waals surface area contributed by atoms with Crippen LogP contribution in [0.15, 0.2) is 24.3 Å². The highest BCUT2D eigenvalue weighted by molar-refractivity contribution is 5.30. The molecule has 0 aromatic heterocycles. The Kier molecular flexibility index (Phi) is 5.44. The first-order valence-corrected chi connectivity index (χ1v) is 7.71. The van der Waals surface area contributed by atoms with E-state index in [0.717, 1.165) is 23.8 Å². The van der Waals surface area contributed by atoms with Crippen LogP contribution in [0.4, 0.5) is 0 Å². The highest BCUT2D eigenvalue weighted by atomic mass is 16.5. The third kappa shape index (κ3) is 3.74. The molecule has 3 unspecified atom stereocenters. The van der Waals surface area contributed by atoms with Crippen molar-refractivity contribution in [3.63, 3.8) is 0 Å². The normalized spacial score (nSPS) is 24.6. The molecule has 1 aromatic rings. The molecule has 112 valence electrons. The Bertz CT molecular complexity index is 421. The van der Waals surface area contributed by atoms with Gasteiger partial charge in [-0.25, -0.2) is 0 Å². The molecular formula is C17H28N2O. The minimum Gasteiger partial charge on any atom is -0.497 e. The number of hydrogen-bond acceptors (Lipinski definition) is 3. The second kappa shape index (κ2) is 7.09. The number of likely N-dealkylation sites (N-methyl/N-ethyl adjacent to an activating group) is 1. The number of benzene rings is 1. The summed E-state index contributed by atoms with van der Waals surface area (Å²) in [6.45, 7) is 3.28. The topological polar surface area (TPSA) is 38.5 Å². The van der Waals surface area contributed by atoms with Gasteiger partial charge in [0.15, 0.2) is 0 Å². The number of rotatable bonds is 5. The van der Waals surface area contributed by atoms with Crippen LogP contribution in [0.1, 0.15) is 44.2 Å². The van der Waals surface area contributed by atoms with Crippen molar-refractivity contribution in [2.45, 2.75) is 44.7 Å². The van der Waals surface area contributed by atoms with Gasteiger partial charge in [-0.1, -0.05) is 31.9 Å². The Morgan fingerprint density at radius 1 is 1.35 bits per heavy atom. The summed E-state index contributed by atoms with van der Waals surface area (Å²) in [7, 11) is 3.91. The molecule has 1 aromatic carbocycles. The fourth-order valence-corrected chi connectivity index (χ4v) is 3.37. The molecule has 0 saturated heterocycles. The van der Waals surface area contributed by atoms with E-state index in [1.165, 1.54) is 25.7 Å². The number of nitrogens with two attached hydrogens (primary N) is 1. The molecule has 0 amide bonds. The molecule has 0 heterocycles. The van der Waals surface area contributed by atoms with Crippen molar-refractivity contribution < 1.29 is 4.74 Å². The summed E-state index contributed by atoms with van der Waals surface area (Å²) < 4.78 is 5.27. The van der Waals surface area contributed by atoms with Crippen LogP contribution >= 0.6 is 0 Å². The van der Waals surface area contributed by atoms with Crippen LogP contribution in [0.25, 0.3) is 0 Å². The highest BCUT2D eigenvalue weighted by Gasteiger charge is 2.26.